The molecule has 0 saturated carbocycles. The van der Waals surface area contributed by atoms with Gasteiger partial charge in [0.1, 0.15) is 5.69 Å². The van der Waals surface area contributed by atoms with E-state index < -0.39 is 0 Å². The summed E-state index contributed by atoms with van der Waals surface area (Å²) in [5.41, 5.74) is 3.43. The highest BCUT2D eigenvalue weighted by Gasteiger charge is 2.17. The molecular formula is C19H24N4O. The zero-order valence-electron chi connectivity index (χ0n) is 14.3. The van der Waals surface area contributed by atoms with Gasteiger partial charge in [-0.1, -0.05) is 19.1 Å². The fraction of sp³-hybridized carbons (Fsp3) is 0.368. The standard InChI is InChI=1S/C19H24N4O/c1-3-22-9-11-23(12-10-22)17-7-8-20-18(14-17)19(24)21-16-6-4-5-15(2)13-16/h4-8,13-14H,3,9-12H2,1-2H3,(H,21,24). The molecule has 1 aliphatic heterocycles. The molecule has 1 aromatic carbocycles. The number of amides is 1. The molecule has 0 radical (unpaired) electrons. The van der Waals surface area contributed by atoms with Crippen LogP contribution in [0.15, 0.2) is 42.6 Å². The largest absolute Gasteiger partial charge is 0.369 e. The number of carbonyl (C=O) groups excluding carboxylic acids is 1. The third kappa shape index (κ3) is 3.92. The van der Waals surface area contributed by atoms with Gasteiger partial charge in [0.15, 0.2) is 0 Å². The van der Waals surface area contributed by atoms with Crippen LogP contribution in [-0.4, -0.2) is 48.5 Å². The van der Waals surface area contributed by atoms with E-state index in [-0.39, 0.29) is 5.91 Å². The molecule has 1 saturated heterocycles. The molecule has 2 aromatic rings. The Balaban J connectivity index is 1.69. The van der Waals surface area contributed by atoms with E-state index in [9.17, 15) is 4.79 Å². The van der Waals surface area contributed by atoms with Crippen molar-refractivity contribution in [3.63, 3.8) is 0 Å². The summed E-state index contributed by atoms with van der Waals surface area (Å²) in [6.45, 7) is 9.37. The molecule has 1 N–H and O–H groups in total. The summed E-state index contributed by atoms with van der Waals surface area (Å²) < 4.78 is 0. The van der Waals surface area contributed by atoms with Crippen molar-refractivity contribution in [3.8, 4) is 0 Å². The van der Waals surface area contributed by atoms with Crippen LogP contribution in [0.25, 0.3) is 0 Å². The maximum absolute atomic E-state index is 12.5. The zero-order chi connectivity index (χ0) is 16.9. The average molecular weight is 324 g/mol. The molecular weight excluding hydrogens is 300 g/mol. The maximum atomic E-state index is 12.5. The first kappa shape index (κ1) is 16.5. The molecule has 0 unspecified atom stereocenters. The van der Waals surface area contributed by atoms with Gasteiger partial charge in [-0.15, -0.1) is 0 Å². The number of aryl methyl sites for hydroxylation is 1. The van der Waals surface area contributed by atoms with Gasteiger partial charge >= 0.3 is 0 Å². The van der Waals surface area contributed by atoms with Crippen molar-refractivity contribution in [1.29, 1.82) is 0 Å². The van der Waals surface area contributed by atoms with Gasteiger partial charge in [0.25, 0.3) is 5.91 Å². The molecule has 3 rings (SSSR count). The lowest BCUT2D eigenvalue weighted by molar-refractivity contribution is 0.102. The van der Waals surface area contributed by atoms with Crippen LogP contribution in [-0.2, 0) is 0 Å². The highest BCUT2D eigenvalue weighted by molar-refractivity contribution is 6.03. The van der Waals surface area contributed by atoms with Gasteiger partial charge in [-0.2, -0.15) is 0 Å². The van der Waals surface area contributed by atoms with Crippen molar-refractivity contribution >= 4 is 17.3 Å². The molecule has 1 aliphatic rings. The molecule has 2 heterocycles. The molecule has 126 valence electrons. The van der Waals surface area contributed by atoms with Crippen LogP contribution in [0, 0.1) is 6.92 Å². The Hall–Kier alpha value is -2.40. The van der Waals surface area contributed by atoms with Crippen molar-refractivity contribution < 1.29 is 4.79 Å². The monoisotopic (exact) mass is 324 g/mol. The Labute approximate surface area is 143 Å². The Kier molecular flexibility index (Phi) is 5.11. The molecule has 0 bridgehead atoms. The Morgan fingerprint density at radius 2 is 1.96 bits per heavy atom. The number of anilines is 2. The number of piperazine rings is 1. The Morgan fingerprint density at radius 3 is 2.67 bits per heavy atom. The minimum atomic E-state index is -0.172. The van der Waals surface area contributed by atoms with Gasteiger partial charge in [-0.3, -0.25) is 9.78 Å². The van der Waals surface area contributed by atoms with Crippen LogP contribution >= 0.6 is 0 Å². The normalized spacial score (nSPS) is 15.3. The van der Waals surface area contributed by atoms with Crippen molar-refractivity contribution in [3.05, 3.63) is 53.9 Å². The summed E-state index contributed by atoms with van der Waals surface area (Å²) in [7, 11) is 0. The molecule has 1 fully saturated rings. The second-order valence-corrected chi connectivity index (χ2v) is 6.14. The summed E-state index contributed by atoms with van der Waals surface area (Å²) in [5, 5.41) is 2.92. The topological polar surface area (TPSA) is 48.5 Å². The Bertz CT molecular complexity index is 708. The van der Waals surface area contributed by atoms with E-state index in [0.717, 1.165) is 49.7 Å². The van der Waals surface area contributed by atoms with Gasteiger partial charge in [0, 0.05) is 43.8 Å². The number of aromatic nitrogens is 1. The number of carbonyl (C=O) groups is 1. The van der Waals surface area contributed by atoms with E-state index in [1.807, 2.05) is 43.3 Å². The number of hydrogen-bond donors (Lipinski definition) is 1. The summed E-state index contributed by atoms with van der Waals surface area (Å²) in [6.07, 6.45) is 1.71. The molecule has 5 nitrogen and oxygen atoms in total. The first-order valence-electron chi connectivity index (χ1n) is 8.47. The second kappa shape index (κ2) is 7.45. The highest BCUT2D eigenvalue weighted by atomic mass is 16.1. The lowest BCUT2D eigenvalue weighted by Gasteiger charge is -2.35. The number of likely N-dealkylation sites (N-methyl/N-ethyl adjacent to an activating group) is 1. The third-order valence-corrected chi connectivity index (χ3v) is 4.44. The van der Waals surface area contributed by atoms with Gasteiger partial charge < -0.3 is 15.1 Å². The van der Waals surface area contributed by atoms with Gasteiger partial charge in [-0.05, 0) is 43.3 Å². The van der Waals surface area contributed by atoms with Gasteiger partial charge in [0.2, 0.25) is 0 Å². The molecule has 0 spiro atoms. The van der Waals surface area contributed by atoms with Crippen LogP contribution in [0.4, 0.5) is 11.4 Å². The average Bonchev–Trinajstić information content (AvgIpc) is 2.62. The van der Waals surface area contributed by atoms with Crippen LogP contribution in [0.5, 0.6) is 0 Å². The SMILES string of the molecule is CCN1CCN(c2ccnc(C(=O)Nc3cccc(C)c3)c2)CC1. The molecule has 0 atom stereocenters. The Morgan fingerprint density at radius 1 is 1.17 bits per heavy atom. The number of hydrogen-bond acceptors (Lipinski definition) is 4. The minimum Gasteiger partial charge on any atom is -0.369 e. The first-order valence-corrected chi connectivity index (χ1v) is 8.47. The van der Waals surface area contributed by atoms with Crippen molar-refractivity contribution in [1.82, 2.24) is 9.88 Å². The fourth-order valence-corrected chi connectivity index (χ4v) is 2.98. The first-order chi connectivity index (χ1) is 11.7. The van der Waals surface area contributed by atoms with Crippen LogP contribution < -0.4 is 10.2 Å². The quantitative estimate of drug-likeness (QED) is 0.939. The predicted molar refractivity (Wildman–Crippen MR) is 97.7 cm³/mol. The molecule has 1 aromatic heterocycles. The van der Waals surface area contributed by atoms with E-state index >= 15 is 0 Å². The third-order valence-electron chi connectivity index (χ3n) is 4.44. The van der Waals surface area contributed by atoms with Crippen LogP contribution in [0.2, 0.25) is 0 Å². The predicted octanol–water partition coefficient (Wildman–Crippen LogP) is 2.78. The lowest BCUT2D eigenvalue weighted by Crippen LogP contribution is -2.46. The van der Waals surface area contributed by atoms with E-state index in [4.69, 9.17) is 0 Å². The van der Waals surface area contributed by atoms with Gasteiger partial charge in [-0.25, -0.2) is 0 Å². The second-order valence-electron chi connectivity index (χ2n) is 6.14. The number of nitrogens with zero attached hydrogens (tertiary/aromatic N) is 3. The molecule has 24 heavy (non-hydrogen) atoms. The highest BCUT2D eigenvalue weighted by Crippen LogP contribution is 2.18. The number of benzene rings is 1. The molecule has 0 aliphatic carbocycles. The fourth-order valence-electron chi connectivity index (χ4n) is 2.98. The number of pyridine rings is 1. The lowest BCUT2D eigenvalue weighted by atomic mass is 10.2. The van der Waals surface area contributed by atoms with E-state index in [1.54, 1.807) is 6.20 Å². The summed E-state index contributed by atoms with van der Waals surface area (Å²) in [4.78, 5) is 21.4. The summed E-state index contributed by atoms with van der Waals surface area (Å²) >= 11 is 0. The van der Waals surface area contributed by atoms with E-state index in [1.165, 1.54) is 0 Å². The van der Waals surface area contributed by atoms with Crippen molar-refractivity contribution in [2.24, 2.45) is 0 Å². The van der Waals surface area contributed by atoms with E-state index in [0.29, 0.717) is 5.69 Å². The molecule has 5 heteroatoms. The minimum absolute atomic E-state index is 0.172. The summed E-state index contributed by atoms with van der Waals surface area (Å²) in [5.74, 6) is -0.172. The van der Waals surface area contributed by atoms with Gasteiger partial charge in [0.05, 0.1) is 0 Å². The summed E-state index contributed by atoms with van der Waals surface area (Å²) in [6, 6.07) is 11.6. The maximum Gasteiger partial charge on any atom is 0.274 e. The van der Waals surface area contributed by atoms with Crippen molar-refractivity contribution in [2.75, 3.05) is 42.9 Å². The van der Waals surface area contributed by atoms with Crippen molar-refractivity contribution in [2.45, 2.75) is 13.8 Å². The number of rotatable bonds is 4. The zero-order valence-corrected chi connectivity index (χ0v) is 14.3. The smallest absolute Gasteiger partial charge is 0.274 e. The van der Waals surface area contributed by atoms with E-state index in [2.05, 4.69) is 27.0 Å². The van der Waals surface area contributed by atoms with Crippen LogP contribution in [0.1, 0.15) is 23.0 Å². The van der Waals surface area contributed by atoms with Crippen LogP contribution in [0.3, 0.4) is 0 Å². The number of nitrogens with one attached hydrogen (secondary N) is 1. The molecule has 1 amide bonds.